The van der Waals surface area contributed by atoms with Crippen molar-refractivity contribution in [2.24, 2.45) is 11.1 Å². The molecule has 0 saturated heterocycles. The number of oxime groups is 1. The summed E-state index contributed by atoms with van der Waals surface area (Å²) in [5.41, 5.74) is 1.01. The van der Waals surface area contributed by atoms with E-state index in [2.05, 4.69) is 10.1 Å². The van der Waals surface area contributed by atoms with Gasteiger partial charge in [0.1, 0.15) is 5.82 Å². The van der Waals surface area contributed by atoms with Gasteiger partial charge in [-0.05, 0) is 96.1 Å². The van der Waals surface area contributed by atoms with E-state index in [-0.39, 0.29) is 22.6 Å². The molecule has 1 aromatic heterocycles. The highest BCUT2D eigenvalue weighted by Gasteiger charge is 2.46. The van der Waals surface area contributed by atoms with Crippen molar-refractivity contribution in [2.45, 2.75) is 44.1 Å². The Labute approximate surface area is 263 Å². The lowest BCUT2D eigenvalue weighted by Crippen LogP contribution is -2.17. The smallest absolute Gasteiger partial charge is 0.416 e. The molecular formula is C34H25F7N2O4. The number of pyridine rings is 1. The van der Waals surface area contributed by atoms with Crippen LogP contribution in [-0.2, 0) is 17.2 Å². The van der Waals surface area contributed by atoms with E-state index in [0.717, 1.165) is 24.3 Å². The molecule has 6 rings (SSSR count). The van der Waals surface area contributed by atoms with Gasteiger partial charge in [-0.2, -0.15) is 26.3 Å². The number of hydrogen-bond donors (Lipinski definition) is 1. The number of methoxy groups -OCH3 is 1. The summed E-state index contributed by atoms with van der Waals surface area (Å²) in [6.45, 7) is 1.72. The van der Waals surface area contributed by atoms with Crippen LogP contribution in [0.3, 0.4) is 0 Å². The first-order chi connectivity index (χ1) is 22.2. The van der Waals surface area contributed by atoms with Gasteiger partial charge in [0.25, 0.3) is 0 Å². The molecule has 1 aliphatic heterocycles. The van der Waals surface area contributed by atoms with Crippen molar-refractivity contribution in [1.82, 2.24) is 4.98 Å². The van der Waals surface area contributed by atoms with Gasteiger partial charge in [0.15, 0.2) is 6.10 Å². The summed E-state index contributed by atoms with van der Waals surface area (Å²) in [4.78, 5) is 21.4. The Balaban J connectivity index is 1.44. The zero-order chi connectivity index (χ0) is 33.8. The standard InChI is InChI=1S/C34H25F7N2O4/c1-16-9-17(32(44)45)3-5-23(16)19-12-28(31(46-2)42-15-19)24-6-4-20(33(36,37)38)14-27(24)25-7-8-26-29(25)43-47-30(26)18-10-21(34(39,40)41)13-22(35)11-18/h3-6,9-15,25-26,30H,7-8H2,1-2H3,(H,44,45)/t25-,26+,30+/m0/s1. The zero-order valence-corrected chi connectivity index (χ0v) is 24.7. The van der Waals surface area contributed by atoms with Gasteiger partial charge in [-0.1, -0.05) is 17.3 Å². The molecule has 2 aliphatic rings. The van der Waals surface area contributed by atoms with Crippen LogP contribution in [0.2, 0.25) is 0 Å². The number of hydrogen-bond acceptors (Lipinski definition) is 5. The lowest BCUT2D eigenvalue weighted by molar-refractivity contribution is -0.138. The van der Waals surface area contributed by atoms with Gasteiger partial charge in [-0.3, -0.25) is 0 Å². The van der Waals surface area contributed by atoms with Crippen molar-refractivity contribution in [3.8, 4) is 28.1 Å². The number of rotatable bonds is 6. The first-order valence-electron chi connectivity index (χ1n) is 14.4. The molecule has 2 heterocycles. The summed E-state index contributed by atoms with van der Waals surface area (Å²) >= 11 is 0. The maximum atomic E-state index is 14.3. The van der Waals surface area contributed by atoms with Gasteiger partial charge >= 0.3 is 18.3 Å². The van der Waals surface area contributed by atoms with Crippen molar-refractivity contribution in [3.63, 3.8) is 0 Å². The van der Waals surface area contributed by atoms with Crippen LogP contribution in [0.4, 0.5) is 30.7 Å². The first kappa shape index (κ1) is 32.0. The SMILES string of the molecule is COc1ncc(-c2ccc(C(=O)O)cc2C)cc1-c1ccc(C(F)(F)F)cc1[C@@H]1CC[C@@H]2C1=NO[C@@H]2c1cc(F)cc(C(F)(F)F)c1. The van der Waals surface area contributed by atoms with Crippen LogP contribution < -0.4 is 4.74 Å². The summed E-state index contributed by atoms with van der Waals surface area (Å²) in [7, 11) is 1.36. The number of aryl methyl sites for hydroxylation is 1. The number of halogens is 7. The van der Waals surface area contributed by atoms with Crippen LogP contribution in [0.5, 0.6) is 5.88 Å². The Bertz CT molecular complexity index is 1920. The average molecular weight is 659 g/mol. The van der Waals surface area contributed by atoms with Gasteiger partial charge in [0.2, 0.25) is 5.88 Å². The van der Waals surface area contributed by atoms with Gasteiger partial charge in [0.05, 0.1) is 29.5 Å². The molecule has 1 saturated carbocycles. The number of aromatic nitrogens is 1. The van der Waals surface area contributed by atoms with E-state index in [1.165, 1.54) is 31.5 Å². The van der Waals surface area contributed by atoms with Crippen LogP contribution in [0.15, 0.2) is 72.0 Å². The molecule has 0 bridgehead atoms. The maximum Gasteiger partial charge on any atom is 0.416 e. The van der Waals surface area contributed by atoms with E-state index >= 15 is 0 Å². The largest absolute Gasteiger partial charge is 0.481 e. The number of alkyl halides is 6. The number of nitrogens with zero attached hydrogens (tertiary/aromatic N) is 2. The molecule has 0 spiro atoms. The third kappa shape index (κ3) is 6.01. The monoisotopic (exact) mass is 658 g/mol. The van der Waals surface area contributed by atoms with E-state index in [1.807, 2.05) is 0 Å². The summed E-state index contributed by atoms with van der Waals surface area (Å²) in [5.74, 6) is -3.41. The van der Waals surface area contributed by atoms with Crippen molar-refractivity contribution in [2.75, 3.05) is 7.11 Å². The highest BCUT2D eigenvalue weighted by Crippen LogP contribution is 2.51. The lowest BCUT2D eigenvalue weighted by atomic mass is 9.85. The first-order valence-corrected chi connectivity index (χ1v) is 14.4. The molecule has 1 aliphatic carbocycles. The number of carbonyl (C=O) groups is 1. The molecule has 47 heavy (non-hydrogen) atoms. The zero-order valence-electron chi connectivity index (χ0n) is 24.7. The fraction of sp³-hybridized carbons (Fsp3) is 0.265. The van der Waals surface area contributed by atoms with Crippen LogP contribution in [0.25, 0.3) is 22.3 Å². The predicted molar refractivity (Wildman–Crippen MR) is 156 cm³/mol. The number of carboxylic acid groups (broad SMARTS) is 1. The van der Waals surface area contributed by atoms with Crippen LogP contribution in [-0.4, -0.2) is 28.9 Å². The fourth-order valence-electron chi connectivity index (χ4n) is 6.43. The third-order valence-electron chi connectivity index (χ3n) is 8.59. The topological polar surface area (TPSA) is 81.0 Å². The molecule has 0 radical (unpaired) electrons. The van der Waals surface area contributed by atoms with Crippen molar-refractivity contribution in [1.29, 1.82) is 0 Å². The normalized spacial score (nSPS) is 19.3. The number of carboxylic acids is 1. The van der Waals surface area contributed by atoms with E-state index in [0.29, 0.717) is 52.4 Å². The molecule has 3 atom stereocenters. The number of benzene rings is 3. The summed E-state index contributed by atoms with van der Waals surface area (Å²) in [5, 5.41) is 13.5. The molecule has 1 N–H and O–H groups in total. The van der Waals surface area contributed by atoms with Gasteiger partial charge in [-0.15, -0.1) is 0 Å². The second kappa shape index (κ2) is 11.7. The van der Waals surface area contributed by atoms with E-state index in [1.54, 1.807) is 19.1 Å². The minimum Gasteiger partial charge on any atom is -0.481 e. The van der Waals surface area contributed by atoms with Gasteiger partial charge in [0, 0.05) is 29.2 Å². The fourth-order valence-corrected chi connectivity index (χ4v) is 6.43. The minimum absolute atomic E-state index is 0.0751. The molecule has 0 unspecified atom stereocenters. The summed E-state index contributed by atoms with van der Waals surface area (Å²) < 4.78 is 102. The Morgan fingerprint density at radius 2 is 1.62 bits per heavy atom. The van der Waals surface area contributed by atoms with Crippen LogP contribution >= 0.6 is 0 Å². The highest BCUT2D eigenvalue weighted by molar-refractivity contribution is 5.98. The molecule has 3 aromatic carbocycles. The quantitative estimate of drug-likeness (QED) is 0.209. The molecule has 13 heteroatoms. The molecule has 6 nitrogen and oxygen atoms in total. The molecular weight excluding hydrogens is 633 g/mol. The highest BCUT2D eigenvalue weighted by atomic mass is 19.4. The Morgan fingerprint density at radius 3 is 2.28 bits per heavy atom. The second-order valence-corrected chi connectivity index (χ2v) is 11.5. The number of ether oxygens (including phenoxy) is 1. The third-order valence-corrected chi connectivity index (χ3v) is 8.59. The van der Waals surface area contributed by atoms with Gasteiger partial charge < -0.3 is 14.7 Å². The van der Waals surface area contributed by atoms with Crippen molar-refractivity contribution >= 4 is 11.7 Å². The van der Waals surface area contributed by atoms with Crippen molar-refractivity contribution < 1.29 is 50.2 Å². The minimum atomic E-state index is -4.80. The molecule has 0 amide bonds. The molecule has 4 aromatic rings. The Morgan fingerprint density at radius 1 is 0.894 bits per heavy atom. The van der Waals surface area contributed by atoms with E-state index in [9.17, 15) is 40.6 Å². The summed E-state index contributed by atoms with van der Waals surface area (Å²) in [6, 6.07) is 11.6. The number of fused-ring (bicyclic) bond motifs is 1. The average Bonchev–Trinajstić information content (AvgIpc) is 3.62. The van der Waals surface area contributed by atoms with Crippen molar-refractivity contribution in [3.05, 3.63) is 106 Å². The van der Waals surface area contributed by atoms with Crippen LogP contribution in [0.1, 0.15) is 63.0 Å². The molecule has 1 fully saturated rings. The lowest BCUT2D eigenvalue weighted by Gasteiger charge is -2.20. The molecule has 244 valence electrons. The Hall–Kier alpha value is -4.94. The maximum absolute atomic E-state index is 14.3. The van der Waals surface area contributed by atoms with Crippen LogP contribution in [0, 0.1) is 18.7 Å². The number of aromatic carboxylic acids is 1. The van der Waals surface area contributed by atoms with E-state index in [4.69, 9.17) is 9.57 Å². The summed E-state index contributed by atoms with van der Waals surface area (Å²) in [6.07, 6.45) is -8.43. The van der Waals surface area contributed by atoms with Gasteiger partial charge in [-0.25, -0.2) is 14.2 Å². The second-order valence-electron chi connectivity index (χ2n) is 11.5. The van der Waals surface area contributed by atoms with E-state index < -0.39 is 53.2 Å². The predicted octanol–water partition coefficient (Wildman–Crippen LogP) is 9.23. The Kier molecular flexibility index (Phi) is 7.97.